The van der Waals surface area contributed by atoms with Gasteiger partial charge in [-0.3, -0.25) is 0 Å². The smallest absolute Gasteiger partial charge is 0.200 e. The van der Waals surface area contributed by atoms with E-state index in [4.69, 9.17) is 6.42 Å². The van der Waals surface area contributed by atoms with Crippen LogP contribution in [-0.4, -0.2) is 17.3 Å². The van der Waals surface area contributed by atoms with Gasteiger partial charge in [0.25, 0.3) is 0 Å². The average molecular weight is 341 g/mol. The predicted molar refractivity (Wildman–Crippen MR) is 78.6 cm³/mol. The lowest BCUT2D eigenvalue weighted by atomic mass is 10.0. The van der Waals surface area contributed by atoms with Gasteiger partial charge in [0.1, 0.15) is 11.8 Å². The third kappa shape index (κ3) is 3.49. The van der Waals surface area contributed by atoms with E-state index in [2.05, 4.69) is 5.32 Å². The molecule has 24 heavy (non-hydrogen) atoms. The van der Waals surface area contributed by atoms with E-state index in [1.165, 1.54) is 0 Å². The maximum Gasteiger partial charge on any atom is 0.200 e. The molecule has 2 rings (SSSR count). The minimum absolute atomic E-state index is 0.00566. The van der Waals surface area contributed by atoms with Crippen molar-refractivity contribution in [2.45, 2.75) is 18.6 Å². The number of hydrogen-bond donors (Lipinski definition) is 2. The first-order valence-corrected chi connectivity index (χ1v) is 6.82. The molecular formula is C17H12F5NO. The van der Waals surface area contributed by atoms with Crippen LogP contribution in [0.15, 0.2) is 30.3 Å². The number of hydrogen-bond acceptors (Lipinski definition) is 2. The van der Waals surface area contributed by atoms with Crippen LogP contribution in [0.5, 0.6) is 0 Å². The van der Waals surface area contributed by atoms with Crippen molar-refractivity contribution in [3.8, 4) is 12.3 Å². The van der Waals surface area contributed by atoms with Crippen molar-refractivity contribution in [1.29, 1.82) is 0 Å². The number of aliphatic hydroxyl groups excluding tert-OH is 1. The number of rotatable bonds is 5. The van der Waals surface area contributed by atoms with Crippen LogP contribution in [0.4, 0.5) is 27.6 Å². The summed E-state index contributed by atoms with van der Waals surface area (Å²) < 4.78 is 67.1. The molecule has 2 N–H and O–H groups in total. The van der Waals surface area contributed by atoms with Crippen molar-refractivity contribution >= 4 is 5.69 Å². The second-order valence-corrected chi connectivity index (χ2v) is 5.00. The van der Waals surface area contributed by atoms with Gasteiger partial charge in [-0.2, -0.15) is 0 Å². The molecular weight excluding hydrogens is 329 g/mol. The van der Waals surface area contributed by atoms with Crippen LogP contribution >= 0.6 is 0 Å². The highest BCUT2D eigenvalue weighted by Gasteiger charge is 2.28. The maximum atomic E-state index is 13.8. The number of benzene rings is 2. The summed E-state index contributed by atoms with van der Waals surface area (Å²) in [5.74, 6) is -8.48. The number of halogens is 5. The van der Waals surface area contributed by atoms with Crippen LogP contribution in [0.3, 0.4) is 0 Å². The van der Waals surface area contributed by atoms with Gasteiger partial charge in [0.15, 0.2) is 23.3 Å². The monoisotopic (exact) mass is 341 g/mol. The molecule has 126 valence electrons. The zero-order valence-corrected chi connectivity index (χ0v) is 12.2. The first-order chi connectivity index (χ1) is 11.4. The van der Waals surface area contributed by atoms with Crippen molar-refractivity contribution in [3.05, 3.63) is 65.0 Å². The number of aliphatic hydroxyl groups is 1. The molecule has 0 radical (unpaired) electrons. The van der Waals surface area contributed by atoms with Gasteiger partial charge in [0.05, 0.1) is 6.04 Å². The van der Waals surface area contributed by atoms with Crippen LogP contribution in [0.1, 0.15) is 5.56 Å². The van der Waals surface area contributed by atoms with Gasteiger partial charge in [0, 0.05) is 0 Å². The van der Waals surface area contributed by atoms with Crippen molar-refractivity contribution in [3.63, 3.8) is 0 Å². The molecule has 0 heterocycles. The molecule has 0 aliphatic carbocycles. The molecule has 0 fully saturated rings. The SMILES string of the molecule is C#C[C@@H](O)[C@@H](Cc1ccccc1)Nc1c(F)c(F)c(F)c(F)c1F. The highest BCUT2D eigenvalue weighted by Crippen LogP contribution is 2.28. The van der Waals surface area contributed by atoms with E-state index in [1.54, 1.807) is 30.3 Å². The van der Waals surface area contributed by atoms with Gasteiger partial charge in [-0.25, -0.2) is 22.0 Å². The molecule has 0 saturated heterocycles. The largest absolute Gasteiger partial charge is 0.378 e. The first kappa shape index (κ1) is 17.8. The maximum absolute atomic E-state index is 13.8. The first-order valence-electron chi connectivity index (χ1n) is 6.82. The summed E-state index contributed by atoms with van der Waals surface area (Å²) >= 11 is 0. The zero-order valence-electron chi connectivity index (χ0n) is 12.2. The van der Waals surface area contributed by atoms with E-state index < -0.39 is 46.9 Å². The Hall–Kier alpha value is -2.59. The van der Waals surface area contributed by atoms with Gasteiger partial charge in [-0.1, -0.05) is 36.3 Å². The van der Waals surface area contributed by atoms with Gasteiger partial charge < -0.3 is 10.4 Å². The Morgan fingerprint density at radius 1 is 0.917 bits per heavy atom. The summed E-state index contributed by atoms with van der Waals surface area (Å²) in [7, 11) is 0. The number of nitrogens with one attached hydrogen (secondary N) is 1. The predicted octanol–water partition coefficient (Wildman–Crippen LogP) is 3.40. The Labute approximate surface area is 134 Å². The molecule has 0 aliphatic rings. The third-order valence-electron chi connectivity index (χ3n) is 3.39. The average Bonchev–Trinajstić information content (AvgIpc) is 2.61. The standard InChI is InChI=1S/C17H12F5NO/c1-2-11(24)10(8-9-6-4-3-5-7-9)23-17-15(21)13(19)12(18)14(20)16(17)22/h1,3-7,10-11,23-24H,8H2/t10-,11-/m1/s1. The Morgan fingerprint density at radius 2 is 1.42 bits per heavy atom. The molecule has 0 amide bonds. The van der Waals surface area contributed by atoms with E-state index in [0.717, 1.165) is 0 Å². The highest BCUT2D eigenvalue weighted by molar-refractivity contribution is 5.49. The van der Waals surface area contributed by atoms with Gasteiger partial charge in [-0.15, -0.1) is 6.42 Å². The molecule has 0 saturated carbocycles. The molecule has 2 nitrogen and oxygen atoms in total. The quantitative estimate of drug-likeness (QED) is 0.378. The van der Waals surface area contributed by atoms with E-state index in [1.807, 2.05) is 5.92 Å². The lowest BCUT2D eigenvalue weighted by Crippen LogP contribution is -2.35. The van der Waals surface area contributed by atoms with Gasteiger partial charge in [0.2, 0.25) is 5.82 Å². The summed E-state index contributed by atoms with van der Waals surface area (Å²) in [5, 5.41) is 11.9. The zero-order chi connectivity index (χ0) is 17.9. The second-order valence-electron chi connectivity index (χ2n) is 5.00. The summed E-state index contributed by atoms with van der Waals surface area (Å²) in [6.45, 7) is 0. The minimum Gasteiger partial charge on any atom is -0.378 e. The summed E-state index contributed by atoms with van der Waals surface area (Å²) in [4.78, 5) is 0. The molecule has 0 spiro atoms. The van der Waals surface area contributed by atoms with Gasteiger partial charge in [-0.05, 0) is 12.0 Å². The molecule has 7 heteroatoms. The van der Waals surface area contributed by atoms with Crippen molar-refractivity contribution in [2.24, 2.45) is 0 Å². The Balaban J connectivity index is 2.39. The summed E-state index contributed by atoms with van der Waals surface area (Å²) in [6.07, 6.45) is 3.60. The molecule has 0 aliphatic heterocycles. The summed E-state index contributed by atoms with van der Waals surface area (Å²) in [5.41, 5.74) is -0.588. The summed E-state index contributed by atoms with van der Waals surface area (Å²) in [6, 6.07) is 7.27. The van der Waals surface area contributed by atoms with Crippen molar-refractivity contribution < 1.29 is 27.1 Å². The van der Waals surface area contributed by atoms with Crippen molar-refractivity contribution in [2.75, 3.05) is 5.32 Å². The topological polar surface area (TPSA) is 32.3 Å². The molecule has 0 aromatic heterocycles. The van der Waals surface area contributed by atoms with Gasteiger partial charge >= 0.3 is 0 Å². The van der Waals surface area contributed by atoms with Crippen molar-refractivity contribution in [1.82, 2.24) is 0 Å². The van der Waals surface area contributed by atoms with Crippen LogP contribution < -0.4 is 5.32 Å². The fourth-order valence-electron chi connectivity index (χ4n) is 2.14. The second kappa shape index (κ2) is 7.32. The Kier molecular flexibility index (Phi) is 5.42. The molecule has 2 atom stereocenters. The van der Waals surface area contributed by atoms with E-state index in [0.29, 0.717) is 5.56 Å². The van der Waals surface area contributed by atoms with Crippen LogP contribution in [0.2, 0.25) is 0 Å². The Bertz CT molecular complexity index is 744. The van der Waals surface area contributed by atoms with Crippen LogP contribution in [0, 0.1) is 41.4 Å². The molecule has 0 bridgehead atoms. The molecule has 0 unspecified atom stereocenters. The van der Waals surface area contributed by atoms with E-state index in [9.17, 15) is 27.1 Å². The fourth-order valence-corrected chi connectivity index (χ4v) is 2.14. The molecule has 2 aromatic carbocycles. The third-order valence-corrected chi connectivity index (χ3v) is 3.39. The fraction of sp³-hybridized carbons (Fsp3) is 0.176. The lowest BCUT2D eigenvalue weighted by molar-refractivity contribution is 0.207. The number of terminal acetylenes is 1. The minimum atomic E-state index is -2.26. The number of anilines is 1. The normalized spacial score (nSPS) is 13.2. The van der Waals surface area contributed by atoms with E-state index >= 15 is 0 Å². The van der Waals surface area contributed by atoms with Crippen LogP contribution in [-0.2, 0) is 6.42 Å². The lowest BCUT2D eigenvalue weighted by Gasteiger charge is -2.23. The molecule has 2 aromatic rings. The highest BCUT2D eigenvalue weighted by atomic mass is 19.2. The van der Waals surface area contributed by atoms with E-state index in [-0.39, 0.29) is 6.42 Å². The van der Waals surface area contributed by atoms with Crippen LogP contribution in [0.25, 0.3) is 0 Å². The Morgan fingerprint density at radius 3 is 1.92 bits per heavy atom.